The number of methoxy groups -OCH3 is 1. The molecule has 64 valence electrons. The van der Waals surface area contributed by atoms with Crippen LogP contribution in [0.4, 0.5) is 0 Å². The topological polar surface area (TPSA) is 38.8 Å². The van der Waals surface area contributed by atoms with Crippen LogP contribution in [0.25, 0.3) is 0 Å². The minimum Gasteiger partial charge on any atom is -0.469 e. The molecule has 0 amide bonds. The van der Waals surface area contributed by atoms with Crippen LogP contribution in [0.2, 0.25) is 0 Å². The predicted molar refractivity (Wildman–Crippen MR) is 40.2 cm³/mol. The van der Waals surface area contributed by atoms with Crippen LogP contribution in [0.5, 0.6) is 0 Å². The van der Waals surface area contributed by atoms with Gasteiger partial charge in [-0.05, 0) is 20.3 Å². The van der Waals surface area contributed by atoms with E-state index in [-0.39, 0.29) is 17.7 Å². The monoisotopic (exact) mass is 158 g/mol. The van der Waals surface area contributed by atoms with E-state index in [2.05, 4.69) is 4.74 Å². The van der Waals surface area contributed by atoms with Crippen molar-refractivity contribution in [1.82, 2.24) is 0 Å². The predicted octanol–water partition coefficient (Wildman–Crippen LogP) is 1.12. The molecule has 0 saturated carbocycles. The summed E-state index contributed by atoms with van der Waals surface area (Å²) in [6, 6.07) is 0. The summed E-state index contributed by atoms with van der Waals surface area (Å²) in [5, 5.41) is 0. The van der Waals surface area contributed by atoms with Crippen molar-refractivity contribution in [2.24, 2.45) is 0 Å². The fraction of sp³-hybridized carbons (Fsp3) is 0.875. The van der Waals surface area contributed by atoms with Crippen molar-refractivity contribution in [1.29, 1.82) is 0 Å². The second-order valence-corrected chi connectivity index (χ2v) is 3.32. The molecule has 0 radical (unpaired) electrons. The first kappa shape index (κ1) is 8.53. The molecule has 0 spiro atoms. The number of hydrogen-bond donors (Lipinski definition) is 0. The lowest BCUT2D eigenvalue weighted by Gasteiger charge is -1.96. The highest BCUT2D eigenvalue weighted by molar-refractivity contribution is 5.69. The van der Waals surface area contributed by atoms with Crippen LogP contribution in [0.15, 0.2) is 0 Å². The number of hydrogen-bond acceptors (Lipinski definition) is 3. The van der Waals surface area contributed by atoms with Crippen molar-refractivity contribution in [2.75, 3.05) is 7.11 Å². The van der Waals surface area contributed by atoms with Gasteiger partial charge in [0.2, 0.25) is 0 Å². The average Bonchev–Trinajstić information content (AvgIpc) is 2.54. The van der Waals surface area contributed by atoms with E-state index >= 15 is 0 Å². The van der Waals surface area contributed by atoms with Crippen molar-refractivity contribution in [3.63, 3.8) is 0 Å². The number of epoxide rings is 1. The molecule has 1 atom stereocenters. The van der Waals surface area contributed by atoms with E-state index < -0.39 is 0 Å². The van der Waals surface area contributed by atoms with Gasteiger partial charge in [-0.25, -0.2) is 0 Å². The van der Waals surface area contributed by atoms with E-state index in [9.17, 15) is 4.79 Å². The molecular weight excluding hydrogens is 144 g/mol. The highest BCUT2D eigenvalue weighted by Crippen LogP contribution is 2.38. The van der Waals surface area contributed by atoms with Gasteiger partial charge in [0, 0.05) is 6.42 Å². The Labute approximate surface area is 66.7 Å². The molecule has 1 unspecified atom stereocenters. The normalized spacial score (nSPS) is 26.3. The Bertz CT molecular complexity index is 163. The second kappa shape index (κ2) is 2.81. The summed E-state index contributed by atoms with van der Waals surface area (Å²) < 4.78 is 9.79. The number of ether oxygens (including phenoxy) is 2. The standard InChI is InChI=1S/C8H14O3/c1-8(2)6(11-8)4-5-7(9)10-3/h6H,4-5H2,1-3H3. The van der Waals surface area contributed by atoms with Gasteiger partial charge in [-0.3, -0.25) is 4.79 Å². The molecule has 1 aliphatic heterocycles. The zero-order valence-electron chi connectivity index (χ0n) is 7.22. The lowest BCUT2D eigenvalue weighted by Crippen LogP contribution is -2.06. The molecular formula is C8H14O3. The molecule has 1 fully saturated rings. The molecule has 1 rings (SSSR count). The average molecular weight is 158 g/mol. The quantitative estimate of drug-likeness (QED) is 0.456. The van der Waals surface area contributed by atoms with E-state index in [1.54, 1.807) is 0 Å². The highest BCUT2D eigenvalue weighted by atomic mass is 16.6. The molecule has 0 aliphatic carbocycles. The van der Waals surface area contributed by atoms with Crippen molar-refractivity contribution in [3.8, 4) is 0 Å². The van der Waals surface area contributed by atoms with Crippen LogP contribution in [0.1, 0.15) is 26.7 Å². The molecule has 0 aromatic heterocycles. The first-order chi connectivity index (χ1) is 5.06. The Kier molecular flexibility index (Phi) is 2.18. The van der Waals surface area contributed by atoms with Crippen molar-refractivity contribution in [3.05, 3.63) is 0 Å². The zero-order chi connectivity index (χ0) is 8.48. The molecule has 11 heavy (non-hydrogen) atoms. The first-order valence-corrected chi connectivity index (χ1v) is 3.81. The molecule has 3 heteroatoms. The van der Waals surface area contributed by atoms with Gasteiger partial charge in [0.05, 0.1) is 18.8 Å². The van der Waals surface area contributed by atoms with Crippen LogP contribution in [-0.4, -0.2) is 24.8 Å². The fourth-order valence-electron chi connectivity index (χ4n) is 1.09. The van der Waals surface area contributed by atoms with E-state index in [0.29, 0.717) is 6.42 Å². The van der Waals surface area contributed by atoms with Gasteiger partial charge < -0.3 is 9.47 Å². The molecule has 1 aliphatic rings. The SMILES string of the molecule is COC(=O)CCC1OC1(C)C. The van der Waals surface area contributed by atoms with Crippen LogP contribution < -0.4 is 0 Å². The Morgan fingerprint density at radius 1 is 1.64 bits per heavy atom. The third-order valence-electron chi connectivity index (χ3n) is 2.00. The summed E-state index contributed by atoms with van der Waals surface area (Å²) in [6.07, 6.45) is 1.49. The van der Waals surface area contributed by atoms with Gasteiger partial charge in [-0.2, -0.15) is 0 Å². The van der Waals surface area contributed by atoms with E-state index in [0.717, 1.165) is 6.42 Å². The number of carbonyl (C=O) groups excluding carboxylic acids is 1. The molecule has 1 heterocycles. The number of carbonyl (C=O) groups is 1. The van der Waals surface area contributed by atoms with E-state index in [1.807, 2.05) is 13.8 Å². The molecule has 0 aromatic carbocycles. The van der Waals surface area contributed by atoms with Crippen LogP contribution in [0, 0.1) is 0 Å². The summed E-state index contributed by atoms with van der Waals surface area (Å²) in [5.74, 6) is -0.156. The molecule has 0 bridgehead atoms. The maximum atomic E-state index is 10.7. The molecule has 0 N–H and O–H groups in total. The lowest BCUT2D eigenvalue weighted by molar-refractivity contribution is -0.140. The van der Waals surface area contributed by atoms with Gasteiger partial charge in [0.15, 0.2) is 0 Å². The minimum atomic E-state index is -0.156. The Balaban J connectivity index is 2.11. The molecule has 3 nitrogen and oxygen atoms in total. The van der Waals surface area contributed by atoms with Gasteiger partial charge in [-0.1, -0.05) is 0 Å². The summed E-state index contributed by atoms with van der Waals surface area (Å²) in [6.45, 7) is 4.05. The van der Waals surface area contributed by atoms with Crippen molar-refractivity contribution >= 4 is 5.97 Å². The maximum absolute atomic E-state index is 10.7. The van der Waals surface area contributed by atoms with Crippen molar-refractivity contribution < 1.29 is 14.3 Å². The van der Waals surface area contributed by atoms with Crippen LogP contribution >= 0.6 is 0 Å². The molecule has 1 saturated heterocycles. The van der Waals surface area contributed by atoms with Gasteiger partial charge in [0.25, 0.3) is 0 Å². The van der Waals surface area contributed by atoms with Gasteiger partial charge in [0.1, 0.15) is 0 Å². The Hall–Kier alpha value is -0.570. The molecule has 0 aromatic rings. The third-order valence-corrected chi connectivity index (χ3v) is 2.00. The van der Waals surface area contributed by atoms with Crippen LogP contribution in [-0.2, 0) is 14.3 Å². The smallest absolute Gasteiger partial charge is 0.305 e. The summed E-state index contributed by atoms with van der Waals surface area (Å²) in [4.78, 5) is 10.7. The fourth-order valence-corrected chi connectivity index (χ4v) is 1.09. The van der Waals surface area contributed by atoms with Gasteiger partial charge in [-0.15, -0.1) is 0 Å². The highest BCUT2D eigenvalue weighted by Gasteiger charge is 2.47. The summed E-state index contributed by atoms with van der Waals surface area (Å²) in [5.41, 5.74) is -0.00593. The zero-order valence-corrected chi connectivity index (χ0v) is 7.22. The Morgan fingerprint density at radius 3 is 2.55 bits per heavy atom. The lowest BCUT2D eigenvalue weighted by atomic mass is 10.1. The van der Waals surface area contributed by atoms with E-state index in [1.165, 1.54) is 7.11 Å². The van der Waals surface area contributed by atoms with E-state index in [4.69, 9.17) is 4.74 Å². The summed E-state index contributed by atoms with van der Waals surface area (Å²) >= 11 is 0. The van der Waals surface area contributed by atoms with Crippen LogP contribution in [0.3, 0.4) is 0 Å². The minimum absolute atomic E-state index is 0.00593. The van der Waals surface area contributed by atoms with Gasteiger partial charge >= 0.3 is 5.97 Å². The second-order valence-electron chi connectivity index (χ2n) is 3.32. The number of rotatable bonds is 3. The van der Waals surface area contributed by atoms with Crippen molar-refractivity contribution in [2.45, 2.75) is 38.4 Å². The first-order valence-electron chi connectivity index (χ1n) is 3.81. The third kappa shape index (κ3) is 2.19. The maximum Gasteiger partial charge on any atom is 0.305 e. The largest absolute Gasteiger partial charge is 0.469 e. The summed E-state index contributed by atoms with van der Waals surface area (Å²) in [7, 11) is 1.40. The Morgan fingerprint density at radius 2 is 2.18 bits per heavy atom. The number of esters is 1.